The maximum Gasteiger partial charge on any atom is 0.499 e. The van der Waals surface area contributed by atoms with Gasteiger partial charge in [0, 0.05) is 0 Å². The van der Waals surface area contributed by atoms with Crippen LogP contribution < -0.4 is 0 Å². The van der Waals surface area contributed by atoms with Gasteiger partial charge >= 0.3 is 11.0 Å². The third-order valence-electron chi connectivity index (χ3n) is 3.26. The summed E-state index contributed by atoms with van der Waals surface area (Å²) >= 11 is 0. The number of benzene rings is 1. The molecule has 0 saturated heterocycles. The minimum atomic E-state index is -6.69. The summed E-state index contributed by atoms with van der Waals surface area (Å²) in [6, 6.07) is 3.44. The Labute approximate surface area is 140 Å². The average molecular weight is 412 g/mol. The molecule has 1 aromatic carbocycles. The first-order chi connectivity index (χ1) is 10.8. The van der Waals surface area contributed by atoms with Crippen LogP contribution in [-0.2, 0) is 25.1 Å². The SMILES string of the molecule is CC(C)(C)c1ccc(C(S(=O)(=O)C(F)(F)F)S(=O)(=O)C(F)(F)F)cc1. The number of hydrogen-bond donors (Lipinski definition) is 0. The van der Waals surface area contributed by atoms with E-state index in [9.17, 15) is 43.2 Å². The summed E-state index contributed by atoms with van der Waals surface area (Å²) < 4.78 is 119. The van der Waals surface area contributed by atoms with Crippen molar-refractivity contribution in [2.45, 2.75) is 41.8 Å². The standard InChI is InChI=1S/C13H14F6O4S2/c1-11(2,3)9-6-4-8(5-7-9)10(24(20,21)12(14,15)16)25(22,23)13(17,18)19/h4-7,10H,1-3H3. The van der Waals surface area contributed by atoms with Crippen LogP contribution in [0.25, 0.3) is 0 Å². The fourth-order valence-corrected chi connectivity index (χ4v) is 5.41. The predicted octanol–water partition coefficient (Wildman–Crippen LogP) is 3.85. The van der Waals surface area contributed by atoms with Crippen molar-refractivity contribution < 1.29 is 43.2 Å². The average Bonchev–Trinajstić information content (AvgIpc) is 2.34. The number of hydrogen-bond acceptors (Lipinski definition) is 4. The van der Waals surface area contributed by atoms with Gasteiger partial charge in [0.05, 0.1) is 0 Å². The van der Waals surface area contributed by atoms with Crippen molar-refractivity contribution in [3.63, 3.8) is 0 Å². The van der Waals surface area contributed by atoms with E-state index in [1.807, 2.05) is 0 Å². The van der Waals surface area contributed by atoms with E-state index in [0.717, 1.165) is 12.1 Å². The van der Waals surface area contributed by atoms with Crippen LogP contribution in [0.4, 0.5) is 26.3 Å². The number of rotatable bonds is 3. The van der Waals surface area contributed by atoms with E-state index >= 15 is 0 Å². The third-order valence-corrected chi connectivity index (χ3v) is 7.74. The molecule has 0 heterocycles. The fourth-order valence-electron chi connectivity index (χ4n) is 1.91. The van der Waals surface area contributed by atoms with Crippen LogP contribution in [-0.4, -0.2) is 27.9 Å². The second-order valence-electron chi connectivity index (χ2n) is 6.19. The van der Waals surface area contributed by atoms with Gasteiger partial charge in [0.1, 0.15) is 0 Å². The largest absolute Gasteiger partial charge is 0.499 e. The molecule has 0 fully saturated rings. The lowest BCUT2D eigenvalue weighted by atomic mass is 9.87. The van der Waals surface area contributed by atoms with Gasteiger partial charge in [0.2, 0.25) is 4.58 Å². The molecule has 0 spiro atoms. The summed E-state index contributed by atoms with van der Waals surface area (Å²) in [5, 5.41) is 0. The van der Waals surface area contributed by atoms with Gasteiger partial charge in [-0.1, -0.05) is 45.0 Å². The first-order valence-electron chi connectivity index (χ1n) is 6.54. The molecule has 12 heteroatoms. The van der Waals surface area contributed by atoms with Crippen LogP contribution in [0.1, 0.15) is 36.5 Å². The highest BCUT2D eigenvalue weighted by Gasteiger charge is 2.63. The molecule has 0 bridgehead atoms. The molecule has 1 rings (SSSR count). The zero-order chi connectivity index (χ0) is 20.1. The zero-order valence-electron chi connectivity index (χ0n) is 13.1. The summed E-state index contributed by atoms with van der Waals surface area (Å²) in [5.41, 5.74) is -13.6. The lowest BCUT2D eigenvalue weighted by Gasteiger charge is -2.23. The molecule has 144 valence electrons. The molecule has 0 atom stereocenters. The van der Waals surface area contributed by atoms with Gasteiger partial charge < -0.3 is 0 Å². The maximum absolute atomic E-state index is 12.7. The molecule has 1 aromatic rings. The second-order valence-corrected chi connectivity index (χ2v) is 10.5. The molecule has 0 amide bonds. The van der Waals surface area contributed by atoms with Crippen LogP contribution in [0, 0.1) is 0 Å². The van der Waals surface area contributed by atoms with E-state index in [1.165, 1.54) is 0 Å². The van der Waals surface area contributed by atoms with Gasteiger partial charge in [-0.25, -0.2) is 16.8 Å². The Kier molecular flexibility index (Phi) is 5.35. The van der Waals surface area contributed by atoms with Crippen LogP contribution >= 0.6 is 0 Å². The van der Waals surface area contributed by atoms with Gasteiger partial charge in [0.25, 0.3) is 19.7 Å². The lowest BCUT2D eigenvalue weighted by Crippen LogP contribution is -2.39. The number of sulfone groups is 2. The highest BCUT2D eigenvalue weighted by atomic mass is 32.3. The Hall–Kier alpha value is -1.30. The van der Waals surface area contributed by atoms with Gasteiger partial charge in [-0.05, 0) is 16.5 Å². The van der Waals surface area contributed by atoms with Gasteiger partial charge in [-0.15, -0.1) is 0 Å². The predicted molar refractivity (Wildman–Crippen MR) is 77.8 cm³/mol. The first-order valence-corrected chi connectivity index (χ1v) is 9.63. The van der Waals surface area contributed by atoms with Crippen molar-refractivity contribution in [3.05, 3.63) is 35.4 Å². The molecular weight excluding hydrogens is 398 g/mol. The Bertz CT molecular complexity index is 784. The summed E-state index contributed by atoms with van der Waals surface area (Å²) in [7, 11) is -13.4. The monoisotopic (exact) mass is 412 g/mol. The molecule has 0 unspecified atom stereocenters. The van der Waals surface area contributed by atoms with E-state index in [-0.39, 0.29) is 0 Å². The summed E-state index contributed by atoms with van der Waals surface area (Å²) in [6.45, 7) is 5.08. The van der Waals surface area contributed by atoms with Crippen LogP contribution in [0.5, 0.6) is 0 Å². The maximum atomic E-state index is 12.7. The van der Waals surface area contributed by atoms with E-state index in [4.69, 9.17) is 0 Å². The minimum absolute atomic E-state index is 0.462. The summed E-state index contributed by atoms with van der Waals surface area (Å²) in [4.78, 5) is 0. The lowest BCUT2D eigenvalue weighted by molar-refractivity contribution is -0.0472. The molecule has 0 N–H and O–H groups in total. The summed E-state index contributed by atoms with van der Waals surface area (Å²) in [6.07, 6.45) is 0. The molecule has 0 radical (unpaired) electrons. The molecule has 0 aliphatic carbocycles. The molecule has 25 heavy (non-hydrogen) atoms. The van der Waals surface area contributed by atoms with Crippen LogP contribution in [0.15, 0.2) is 24.3 Å². The quantitative estimate of drug-likeness (QED) is 0.708. The zero-order valence-corrected chi connectivity index (χ0v) is 14.7. The van der Waals surface area contributed by atoms with Crippen LogP contribution in [0.3, 0.4) is 0 Å². The van der Waals surface area contributed by atoms with E-state index in [0.29, 0.717) is 17.7 Å². The van der Waals surface area contributed by atoms with Gasteiger partial charge in [0.15, 0.2) is 0 Å². The van der Waals surface area contributed by atoms with Crippen molar-refractivity contribution in [3.8, 4) is 0 Å². The second kappa shape index (κ2) is 6.15. The van der Waals surface area contributed by atoms with E-state index < -0.39 is 46.3 Å². The minimum Gasteiger partial charge on any atom is -0.218 e. The Balaban J connectivity index is 3.72. The van der Waals surface area contributed by atoms with Crippen molar-refractivity contribution in [2.75, 3.05) is 0 Å². The molecule has 0 aliphatic heterocycles. The van der Waals surface area contributed by atoms with E-state index in [1.54, 1.807) is 20.8 Å². The Morgan fingerprint density at radius 1 is 0.720 bits per heavy atom. The first kappa shape index (κ1) is 21.7. The number of halogens is 6. The topological polar surface area (TPSA) is 68.3 Å². The molecular formula is C13H14F6O4S2. The van der Waals surface area contributed by atoms with Crippen molar-refractivity contribution in [2.24, 2.45) is 0 Å². The normalized spacial score (nSPS) is 14.8. The van der Waals surface area contributed by atoms with Crippen LogP contribution in [0.2, 0.25) is 0 Å². The van der Waals surface area contributed by atoms with Crippen molar-refractivity contribution in [1.82, 2.24) is 0 Å². The highest BCUT2D eigenvalue weighted by molar-refractivity contribution is 8.09. The summed E-state index contributed by atoms with van der Waals surface area (Å²) in [5.74, 6) is 0. The molecule has 0 aromatic heterocycles. The van der Waals surface area contributed by atoms with Gasteiger partial charge in [-0.2, -0.15) is 26.3 Å². The van der Waals surface area contributed by atoms with Crippen molar-refractivity contribution >= 4 is 19.7 Å². The van der Waals surface area contributed by atoms with Crippen molar-refractivity contribution in [1.29, 1.82) is 0 Å². The number of alkyl halides is 6. The fraction of sp³-hybridized carbons (Fsp3) is 0.538. The van der Waals surface area contributed by atoms with E-state index in [2.05, 4.69) is 0 Å². The Morgan fingerprint density at radius 2 is 1.04 bits per heavy atom. The molecule has 0 aliphatic rings. The molecule has 4 nitrogen and oxygen atoms in total. The molecule has 0 saturated carbocycles. The highest BCUT2D eigenvalue weighted by Crippen LogP contribution is 2.45. The third kappa shape index (κ3) is 4.10. The smallest absolute Gasteiger partial charge is 0.218 e. The Morgan fingerprint density at radius 3 is 1.28 bits per heavy atom. The van der Waals surface area contributed by atoms with Gasteiger partial charge in [-0.3, -0.25) is 0 Å².